The molecule has 0 heterocycles. The van der Waals surface area contributed by atoms with Crippen molar-refractivity contribution < 1.29 is 33.1 Å². The maximum Gasteiger partial charge on any atom is 0.473 e. The molecule has 224 valence electrons. The monoisotopic (exact) mass is 584 g/mol. The van der Waals surface area contributed by atoms with Gasteiger partial charge in [0.2, 0.25) is 0 Å². The van der Waals surface area contributed by atoms with Gasteiger partial charge in [0, 0.05) is 11.5 Å². The summed E-state index contributed by atoms with van der Waals surface area (Å²) < 4.78 is 29.3. The summed E-state index contributed by atoms with van der Waals surface area (Å²) in [6, 6.07) is 12.5. The highest BCUT2D eigenvalue weighted by molar-refractivity contribution is 7.47. The van der Waals surface area contributed by atoms with E-state index in [1.54, 1.807) is 50.2 Å². The second-order valence-electron chi connectivity index (χ2n) is 11.4. The van der Waals surface area contributed by atoms with E-state index in [9.17, 15) is 19.4 Å². The van der Waals surface area contributed by atoms with Gasteiger partial charge in [-0.2, -0.15) is 0 Å². The number of hydrogen-bond donors (Lipinski definition) is 2. The Bertz CT molecular complexity index is 1270. The van der Waals surface area contributed by atoms with E-state index in [1.807, 2.05) is 13.0 Å². The third-order valence-electron chi connectivity index (χ3n) is 7.49. The molecule has 2 N–H and O–H groups in total. The van der Waals surface area contributed by atoms with Crippen molar-refractivity contribution in [1.82, 2.24) is 0 Å². The molecule has 8 heteroatoms. The van der Waals surface area contributed by atoms with Crippen LogP contribution in [0.5, 0.6) is 11.5 Å². The van der Waals surface area contributed by atoms with Crippen molar-refractivity contribution in [3.63, 3.8) is 0 Å². The molecule has 2 aromatic carbocycles. The first kappa shape index (κ1) is 32.8. The van der Waals surface area contributed by atoms with Crippen LogP contribution in [0.15, 0.2) is 66.3 Å². The number of ether oxygens (including phenoxy) is 1. The predicted molar refractivity (Wildman–Crippen MR) is 162 cm³/mol. The lowest BCUT2D eigenvalue weighted by Crippen LogP contribution is -2.33. The van der Waals surface area contributed by atoms with E-state index in [0.29, 0.717) is 11.1 Å². The molecule has 1 aliphatic rings. The number of carbonyl (C=O) groups excluding carboxylic acids is 1. The average Bonchev–Trinajstić information content (AvgIpc) is 2.91. The summed E-state index contributed by atoms with van der Waals surface area (Å²) in [4.78, 5) is 24.0. The molecule has 0 aromatic heterocycles. The standard InChI is InChI=1S/C33H45O7P/c1-7-8-10-15-26-19-29(34)31(28-18-24(6)16-17-27(28)22(2)3)30(20-26)39-33(35)32(23(4)5)40-41(36,37)38-21-25-13-11-9-12-14-25/h9,11-14,18-20,23,27-28,32,34H,2,7-8,10,15-17,21H2,1,3-6H3,(H,36,37)/t27-,28+,32?/m0/s1. The van der Waals surface area contributed by atoms with Crippen LogP contribution in [0.1, 0.15) is 89.3 Å². The van der Waals surface area contributed by atoms with E-state index in [-0.39, 0.29) is 29.9 Å². The Morgan fingerprint density at radius 1 is 1.15 bits per heavy atom. The molecule has 41 heavy (non-hydrogen) atoms. The zero-order chi connectivity index (χ0) is 30.2. The van der Waals surface area contributed by atoms with E-state index in [4.69, 9.17) is 13.8 Å². The highest BCUT2D eigenvalue weighted by Crippen LogP contribution is 2.49. The van der Waals surface area contributed by atoms with Gasteiger partial charge >= 0.3 is 13.8 Å². The maximum atomic E-state index is 13.6. The molecular weight excluding hydrogens is 539 g/mol. The molecule has 0 bridgehead atoms. The summed E-state index contributed by atoms with van der Waals surface area (Å²) in [5.41, 5.74) is 4.24. The third kappa shape index (κ3) is 9.40. The lowest BCUT2D eigenvalue weighted by Gasteiger charge is -2.32. The Morgan fingerprint density at radius 2 is 1.85 bits per heavy atom. The largest absolute Gasteiger partial charge is 0.507 e. The van der Waals surface area contributed by atoms with Gasteiger partial charge in [-0.25, -0.2) is 9.36 Å². The maximum absolute atomic E-state index is 13.6. The zero-order valence-electron chi connectivity index (χ0n) is 25.0. The van der Waals surface area contributed by atoms with E-state index >= 15 is 0 Å². The summed E-state index contributed by atoms with van der Waals surface area (Å²) in [6.07, 6.45) is 6.29. The van der Waals surface area contributed by atoms with Crippen LogP contribution in [-0.2, 0) is 31.4 Å². The third-order valence-corrected chi connectivity index (χ3v) is 8.44. The molecule has 1 aliphatic carbocycles. The number of unbranched alkanes of at least 4 members (excludes halogenated alkanes) is 2. The highest BCUT2D eigenvalue weighted by atomic mass is 31.2. The molecule has 4 atom stereocenters. The number of hydrogen-bond acceptors (Lipinski definition) is 6. The van der Waals surface area contributed by atoms with Crippen molar-refractivity contribution in [2.24, 2.45) is 11.8 Å². The van der Waals surface area contributed by atoms with Crippen LogP contribution in [0.3, 0.4) is 0 Å². The van der Waals surface area contributed by atoms with Gasteiger partial charge in [-0.3, -0.25) is 9.05 Å². The smallest absolute Gasteiger partial charge is 0.473 e. The van der Waals surface area contributed by atoms with Crippen molar-refractivity contribution >= 4 is 13.8 Å². The van der Waals surface area contributed by atoms with Gasteiger partial charge < -0.3 is 14.7 Å². The average molecular weight is 585 g/mol. The van der Waals surface area contributed by atoms with Crippen LogP contribution in [0, 0.1) is 11.8 Å². The van der Waals surface area contributed by atoms with Gasteiger partial charge in [0.05, 0.1) is 6.61 Å². The number of aryl methyl sites for hydroxylation is 1. The van der Waals surface area contributed by atoms with Gasteiger partial charge in [-0.05, 0) is 74.6 Å². The van der Waals surface area contributed by atoms with Crippen molar-refractivity contribution in [3.05, 3.63) is 83.0 Å². The topological polar surface area (TPSA) is 102 Å². The highest BCUT2D eigenvalue weighted by Gasteiger charge is 2.37. The molecule has 0 amide bonds. The SMILES string of the molecule is C=C(C)[C@@H]1CCC(C)=C[C@H]1c1c(O)cc(CCCCC)cc1OC(=O)C(OP(=O)(O)OCc1ccccc1)C(C)C. The molecule has 0 fully saturated rings. The summed E-state index contributed by atoms with van der Waals surface area (Å²) in [7, 11) is -4.60. The molecule has 2 unspecified atom stereocenters. The molecular formula is C33H45O7P. The lowest BCUT2D eigenvalue weighted by molar-refractivity contribution is -0.145. The number of phosphoric ester groups is 1. The number of benzene rings is 2. The second-order valence-corrected chi connectivity index (χ2v) is 12.8. The van der Waals surface area contributed by atoms with Crippen molar-refractivity contribution in [2.45, 2.75) is 91.8 Å². The minimum atomic E-state index is -4.60. The van der Waals surface area contributed by atoms with Gasteiger partial charge in [0.25, 0.3) is 0 Å². The van der Waals surface area contributed by atoms with E-state index in [1.165, 1.54) is 5.57 Å². The first-order valence-corrected chi connectivity index (χ1v) is 16.0. The summed E-state index contributed by atoms with van der Waals surface area (Å²) in [6.45, 7) is 13.6. The minimum Gasteiger partial charge on any atom is -0.507 e. The Hall–Kier alpha value is -2.70. The molecule has 2 aromatic rings. The van der Waals surface area contributed by atoms with Gasteiger partial charge in [-0.15, -0.1) is 0 Å². The van der Waals surface area contributed by atoms with Crippen LogP contribution in [0.25, 0.3) is 0 Å². The summed E-state index contributed by atoms with van der Waals surface area (Å²) in [5.74, 6) is -1.19. The van der Waals surface area contributed by atoms with Crippen LogP contribution in [0.2, 0.25) is 0 Å². The number of phosphoric acid groups is 1. The van der Waals surface area contributed by atoms with Crippen molar-refractivity contribution in [2.75, 3.05) is 0 Å². The van der Waals surface area contributed by atoms with Gasteiger partial charge in [0.15, 0.2) is 6.10 Å². The lowest BCUT2D eigenvalue weighted by atomic mass is 9.73. The van der Waals surface area contributed by atoms with Crippen LogP contribution < -0.4 is 4.74 Å². The number of phenolic OH excluding ortho intramolecular Hbond substituents is 1. The minimum absolute atomic E-state index is 0.0602. The number of rotatable bonds is 14. The van der Waals surface area contributed by atoms with E-state index in [0.717, 1.165) is 49.7 Å². The van der Waals surface area contributed by atoms with Crippen molar-refractivity contribution in [3.8, 4) is 11.5 Å². The fourth-order valence-corrected chi connectivity index (χ4v) is 6.21. The molecule has 0 aliphatic heterocycles. The number of allylic oxidation sites excluding steroid dienone is 3. The molecule has 0 radical (unpaired) electrons. The molecule has 0 saturated heterocycles. The Balaban J connectivity index is 1.93. The Kier molecular flexibility index (Phi) is 12.0. The Morgan fingerprint density at radius 3 is 2.49 bits per heavy atom. The number of esters is 1. The number of aromatic hydroxyl groups is 1. The Labute approximate surface area is 244 Å². The zero-order valence-corrected chi connectivity index (χ0v) is 25.9. The quantitative estimate of drug-likeness (QED) is 0.0756. The van der Waals surface area contributed by atoms with Gasteiger partial charge in [-0.1, -0.05) is 87.7 Å². The van der Waals surface area contributed by atoms with Crippen LogP contribution in [-0.4, -0.2) is 22.1 Å². The molecule has 0 spiro atoms. The molecule has 3 rings (SSSR count). The summed E-state index contributed by atoms with van der Waals surface area (Å²) in [5, 5.41) is 11.3. The molecule has 0 saturated carbocycles. The molecule has 7 nitrogen and oxygen atoms in total. The first-order valence-electron chi connectivity index (χ1n) is 14.5. The van der Waals surface area contributed by atoms with E-state index < -0.39 is 25.8 Å². The fourth-order valence-electron chi connectivity index (χ4n) is 5.22. The normalized spacial score (nSPS) is 19.3. The van der Waals surface area contributed by atoms with E-state index in [2.05, 4.69) is 26.5 Å². The number of carbonyl (C=O) groups is 1. The van der Waals surface area contributed by atoms with Gasteiger partial charge in [0.1, 0.15) is 11.5 Å². The second kappa shape index (κ2) is 15.0. The predicted octanol–water partition coefficient (Wildman–Crippen LogP) is 8.40. The number of phenols is 1. The fraction of sp³-hybridized carbons (Fsp3) is 0.485. The summed E-state index contributed by atoms with van der Waals surface area (Å²) >= 11 is 0. The van der Waals surface area contributed by atoms with Crippen LogP contribution >= 0.6 is 7.82 Å². The first-order chi connectivity index (χ1) is 19.4. The van der Waals surface area contributed by atoms with Crippen molar-refractivity contribution in [1.29, 1.82) is 0 Å². The van der Waals surface area contributed by atoms with Crippen LogP contribution in [0.4, 0.5) is 0 Å².